The second-order valence-electron chi connectivity index (χ2n) is 4.42. The van der Waals surface area contributed by atoms with Crippen molar-refractivity contribution in [1.29, 1.82) is 0 Å². The molecule has 0 saturated carbocycles. The van der Waals surface area contributed by atoms with Gasteiger partial charge in [-0.05, 0) is 11.6 Å². The topological polar surface area (TPSA) is 21.6 Å². The average Bonchev–Trinajstić information content (AvgIpc) is 2.35. The van der Waals surface area contributed by atoms with Crippen LogP contribution in [0.4, 0.5) is 0 Å². The highest BCUT2D eigenvalue weighted by atomic mass is 127. The van der Waals surface area contributed by atoms with Crippen LogP contribution in [0, 0.1) is 5.41 Å². The van der Waals surface area contributed by atoms with E-state index in [1.54, 1.807) is 7.11 Å². The Balaban J connectivity index is 2.89. The molecule has 92 valence electrons. The van der Waals surface area contributed by atoms with Crippen molar-refractivity contribution in [1.82, 2.24) is 0 Å². The first-order chi connectivity index (χ1) is 8.10. The molecule has 0 aliphatic heterocycles. The molecule has 0 atom stereocenters. The highest BCUT2D eigenvalue weighted by Crippen LogP contribution is 2.22. The molecular weight excluding hydrogens is 325 g/mol. The lowest BCUT2D eigenvalue weighted by Crippen LogP contribution is -2.24. The molecule has 0 fully saturated rings. The van der Waals surface area contributed by atoms with Gasteiger partial charge in [0, 0.05) is 9.84 Å². The second-order valence-corrected chi connectivity index (χ2v) is 5.18. The molecule has 0 heterocycles. The Morgan fingerprint density at radius 3 is 2.53 bits per heavy atom. The van der Waals surface area contributed by atoms with Gasteiger partial charge in [0.25, 0.3) is 0 Å². The minimum atomic E-state index is 0.0157. The molecule has 0 N–H and O–H groups in total. The maximum absolute atomic E-state index is 4.91. The van der Waals surface area contributed by atoms with Crippen molar-refractivity contribution >= 4 is 34.4 Å². The Kier molecular flexibility index (Phi) is 5.68. The third-order valence-corrected chi connectivity index (χ3v) is 4.36. The Morgan fingerprint density at radius 1 is 1.35 bits per heavy atom. The van der Waals surface area contributed by atoms with Crippen LogP contribution in [0.5, 0.6) is 0 Å². The second kappa shape index (κ2) is 6.79. The molecule has 0 amide bonds. The van der Waals surface area contributed by atoms with Gasteiger partial charge in [0.1, 0.15) is 7.11 Å². The SMILES string of the molecule is CO/N=C(\C=C\c1ccccc1)C(C)(C)CI. The molecule has 0 saturated heterocycles. The van der Waals surface area contributed by atoms with E-state index in [0.29, 0.717) is 0 Å². The van der Waals surface area contributed by atoms with Crippen LogP contribution in [-0.4, -0.2) is 17.2 Å². The van der Waals surface area contributed by atoms with Crippen LogP contribution >= 0.6 is 22.6 Å². The number of rotatable bonds is 5. The van der Waals surface area contributed by atoms with Gasteiger partial charge in [-0.15, -0.1) is 0 Å². The molecular formula is C14H18INO. The molecule has 0 bridgehead atoms. The van der Waals surface area contributed by atoms with Crippen molar-refractivity contribution in [2.45, 2.75) is 13.8 Å². The summed E-state index contributed by atoms with van der Waals surface area (Å²) in [6.07, 6.45) is 4.09. The zero-order chi connectivity index (χ0) is 12.7. The molecule has 2 nitrogen and oxygen atoms in total. The molecule has 0 aliphatic carbocycles. The van der Waals surface area contributed by atoms with Crippen molar-refractivity contribution in [3.63, 3.8) is 0 Å². The maximum Gasteiger partial charge on any atom is 0.106 e. The van der Waals surface area contributed by atoms with Crippen LogP contribution in [0.25, 0.3) is 6.08 Å². The lowest BCUT2D eigenvalue weighted by Gasteiger charge is -2.20. The van der Waals surface area contributed by atoms with Crippen LogP contribution in [0.15, 0.2) is 41.6 Å². The van der Waals surface area contributed by atoms with Gasteiger partial charge in [-0.2, -0.15) is 0 Å². The van der Waals surface area contributed by atoms with Crippen LogP contribution in [0.3, 0.4) is 0 Å². The summed E-state index contributed by atoms with van der Waals surface area (Å²) in [4.78, 5) is 4.91. The van der Waals surface area contributed by atoms with Crippen molar-refractivity contribution in [2.75, 3.05) is 11.5 Å². The lowest BCUT2D eigenvalue weighted by atomic mass is 9.89. The quantitative estimate of drug-likeness (QED) is 0.340. The first-order valence-corrected chi connectivity index (χ1v) is 7.03. The Morgan fingerprint density at radius 2 is 2.00 bits per heavy atom. The van der Waals surface area contributed by atoms with Crippen LogP contribution in [0.1, 0.15) is 19.4 Å². The molecule has 17 heavy (non-hydrogen) atoms. The fraction of sp³-hybridized carbons (Fsp3) is 0.357. The number of allylic oxidation sites excluding steroid dienone is 1. The summed E-state index contributed by atoms with van der Waals surface area (Å²) in [5.74, 6) is 0. The summed E-state index contributed by atoms with van der Waals surface area (Å²) >= 11 is 2.37. The summed E-state index contributed by atoms with van der Waals surface area (Å²) in [5, 5.41) is 4.11. The standard InChI is InChI=1S/C14H18INO/c1-14(2,11-15)13(16-17-3)10-9-12-7-5-4-6-8-12/h4-10H,11H2,1-3H3/b10-9+,16-13+. The van der Waals surface area contributed by atoms with Gasteiger partial charge < -0.3 is 4.84 Å². The largest absolute Gasteiger partial charge is 0.399 e. The van der Waals surface area contributed by atoms with Crippen LogP contribution in [-0.2, 0) is 4.84 Å². The smallest absolute Gasteiger partial charge is 0.106 e. The summed E-state index contributed by atoms with van der Waals surface area (Å²) in [6, 6.07) is 10.2. The highest BCUT2D eigenvalue weighted by molar-refractivity contribution is 14.1. The van der Waals surface area contributed by atoms with E-state index in [2.05, 4.69) is 59.8 Å². The minimum Gasteiger partial charge on any atom is -0.399 e. The fourth-order valence-corrected chi connectivity index (χ4v) is 1.68. The average molecular weight is 343 g/mol. The van der Waals surface area contributed by atoms with E-state index in [0.717, 1.165) is 10.1 Å². The highest BCUT2D eigenvalue weighted by Gasteiger charge is 2.22. The van der Waals surface area contributed by atoms with Gasteiger partial charge in [-0.25, -0.2) is 0 Å². The predicted molar refractivity (Wildman–Crippen MR) is 82.6 cm³/mol. The van der Waals surface area contributed by atoms with Gasteiger partial charge >= 0.3 is 0 Å². The first kappa shape index (κ1) is 14.2. The molecule has 0 aliphatic rings. The molecule has 1 aromatic rings. The summed E-state index contributed by atoms with van der Waals surface area (Å²) in [7, 11) is 1.58. The van der Waals surface area contributed by atoms with Crippen LogP contribution < -0.4 is 0 Å². The zero-order valence-electron chi connectivity index (χ0n) is 10.5. The Labute approximate surface area is 117 Å². The molecule has 0 spiro atoms. The van der Waals surface area contributed by atoms with E-state index in [4.69, 9.17) is 4.84 Å². The van der Waals surface area contributed by atoms with Crippen molar-refractivity contribution in [3.8, 4) is 0 Å². The fourth-order valence-electron chi connectivity index (χ4n) is 1.29. The van der Waals surface area contributed by atoms with E-state index in [-0.39, 0.29) is 5.41 Å². The van der Waals surface area contributed by atoms with E-state index < -0.39 is 0 Å². The number of oxime groups is 1. The van der Waals surface area contributed by atoms with Gasteiger partial charge in [-0.1, -0.05) is 78.0 Å². The molecule has 1 aromatic carbocycles. The third-order valence-electron chi connectivity index (χ3n) is 2.45. The Hall–Kier alpha value is -0.840. The van der Waals surface area contributed by atoms with Crippen molar-refractivity contribution in [2.24, 2.45) is 10.6 Å². The predicted octanol–water partition coefficient (Wildman–Crippen LogP) is 4.16. The summed E-state index contributed by atoms with van der Waals surface area (Å²) in [6.45, 7) is 4.32. The van der Waals surface area contributed by atoms with Gasteiger partial charge in [0.15, 0.2) is 0 Å². The summed E-state index contributed by atoms with van der Waals surface area (Å²) in [5.41, 5.74) is 2.14. The molecule has 1 rings (SSSR count). The lowest BCUT2D eigenvalue weighted by molar-refractivity contribution is 0.210. The first-order valence-electron chi connectivity index (χ1n) is 5.51. The number of alkyl halides is 1. The Bertz CT molecular complexity index is 396. The van der Waals surface area contributed by atoms with E-state index >= 15 is 0 Å². The van der Waals surface area contributed by atoms with E-state index in [1.165, 1.54) is 5.56 Å². The molecule has 3 heteroatoms. The van der Waals surface area contributed by atoms with Crippen LogP contribution in [0.2, 0.25) is 0 Å². The van der Waals surface area contributed by atoms with Gasteiger partial charge in [0.2, 0.25) is 0 Å². The molecule has 0 unspecified atom stereocenters. The maximum atomic E-state index is 4.91. The summed E-state index contributed by atoms with van der Waals surface area (Å²) < 4.78 is 0.992. The molecule has 0 radical (unpaired) electrons. The van der Waals surface area contributed by atoms with Gasteiger partial charge in [-0.3, -0.25) is 0 Å². The number of benzene rings is 1. The third kappa shape index (κ3) is 4.50. The van der Waals surface area contributed by atoms with E-state index in [1.807, 2.05) is 24.3 Å². The van der Waals surface area contributed by atoms with Crippen molar-refractivity contribution < 1.29 is 4.84 Å². The number of hydrogen-bond acceptors (Lipinski definition) is 2. The van der Waals surface area contributed by atoms with Gasteiger partial charge in [0.05, 0.1) is 5.71 Å². The minimum absolute atomic E-state index is 0.0157. The number of nitrogens with zero attached hydrogens (tertiary/aromatic N) is 1. The number of hydrogen-bond donors (Lipinski definition) is 0. The van der Waals surface area contributed by atoms with E-state index in [9.17, 15) is 0 Å². The van der Waals surface area contributed by atoms with Crippen molar-refractivity contribution in [3.05, 3.63) is 42.0 Å². The monoisotopic (exact) mass is 343 g/mol. The number of halogens is 1. The zero-order valence-corrected chi connectivity index (χ0v) is 12.6. The molecule has 0 aromatic heterocycles. The normalized spacial score (nSPS) is 13.1.